The molecule has 36 heavy (non-hydrogen) atoms. The van der Waals surface area contributed by atoms with Crippen molar-refractivity contribution in [2.24, 2.45) is 0 Å². The highest BCUT2D eigenvalue weighted by molar-refractivity contribution is 8.00. The van der Waals surface area contributed by atoms with Gasteiger partial charge in [-0.25, -0.2) is 9.78 Å². The van der Waals surface area contributed by atoms with Gasteiger partial charge in [0.25, 0.3) is 5.91 Å². The van der Waals surface area contributed by atoms with Crippen molar-refractivity contribution in [1.29, 1.82) is 10.5 Å². The minimum Gasteiger partial charge on any atom is -0.449 e. The summed E-state index contributed by atoms with van der Waals surface area (Å²) in [6.07, 6.45) is 8.40. The molecule has 0 radical (unpaired) electrons. The van der Waals surface area contributed by atoms with Gasteiger partial charge in [0.1, 0.15) is 16.1 Å². The van der Waals surface area contributed by atoms with Crippen molar-refractivity contribution in [3.05, 3.63) is 23.9 Å². The number of nitriles is 2. The first kappa shape index (κ1) is 27.5. The summed E-state index contributed by atoms with van der Waals surface area (Å²) < 4.78 is 5.41. The number of nitrogens with zero attached hydrogens (tertiary/aromatic N) is 3. The molecule has 0 bridgehead atoms. The second-order valence-electron chi connectivity index (χ2n) is 9.65. The van der Waals surface area contributed by atoms with Crippen LogP contribution in [-0.2, 0) is 14.3 Å². The third-order valence-electron chi connectivity index (χ3n) is 6.87. The van der Waals surface area contributed by atoms with Crippen LogP contribution in [-0.4, -0.2) is 45.2 Å². The minimum absolute atomic E-state index is 0.141. The summed E-state index contributed by atoms with van der Waals surface area (Å²) in [7, 11) is 0. The number of carbonyl (C=O) groups is 3. The molecule has 0 saturated heterocycles. The van der Waals surface area contributed by atoms with Crippen molar-refractivity contribution in [1.82, 2.24) is 15.6 Å². The molecule has 1 heterocycles. The zero-order valence-corrected chi connectivity index (χ0v) is 21.7. The van der Waals surface area contributed by atoms with Crippen LogP contribution in [0.1, 0.15) is 88.4 Å². The van der Waals surface area contributed by atoms with E-state index < -0.39 is 34.3 Å². The number of carbonyl (C=O) groups excluding carboxylic acids is 3. The van der Waals surface area contributed by atoms with Crippen LogP contribution in [0.3, 0.4) is 0 Å². The molecule has 2 amide bonds. The van der Waals surface area contributed by atoms with Gasteiger partial charge >= 0.3 is 5.97 Å². The van der Waals surface area contributed by atoms with E-state index in [0.717, 1.165) is 50.3 Å². The lowest BCUT2D eigenvalue weighted by Gasteiger charge is -2.32. The molecule has 2 aliphatic carbocycles. The molecule has 0 aliphatic heterocycles. The Labute approximate surface area is 216 Å². The quantitative estimate of drug-likeness (QED) is 0.396. The van der Waals surface area contributed by atoms with Crippen LogP contribution in [0.2, 0.25) is 0 Å². The fourth-order valence-electron chi connectivity index (χ4n) is 4.65. The standard InChI is InChI=1S/C26H33N5O4S/c1-18(21(32)30-25(16-27)11-5-3-6-12-25)35-24(34)20-10-9-15-29-23(20)36-19(2)22(33)31-26(17-28)13-7-4-8-14-26/h9-10,15,18-19H,3-8,11-14H2,1-2H3,(H,30,32)(H,31,33)/t18-,19-/m0/s1. The van der Waals surface area contributed by atoms with Gasteiger partial charge in [-0.05, 0) is 51.7 Å². The molecule has 9 nitrogen and oxygen atoms in total. The first-order valence-corrected chi connectivity index (χ1v) is 13.4. The molecule has 2 saturated carbocycles. The molecule has 0 spiro atoms. The number of thioether (sulfide) groups is 1. The molecule has 2 fully saturated rings. The van der Waals surface area contributed by atoms with E-state index in [2.05, 4.69) is 27.8 Å². The van der Waals surface area contributed by atoms with Crippen LogP contribution in [0, 0.1) is 22.7 Å². The largest absolute Gasteiger partial charge is 0.449 e. The highest BCUT2D eigenvalue weighted by atomic mass is 32.2. The maximum Gasteiger partial charge on any atom is 0.341 e. The van der Waals surface area contributed by atoms with Crippen LogP contribution >= 0.6 is 11.8 Å². The first-order valence-electron chi connectivity index (χ1n) is 12.5. The Kier molecular flexibility index (Phi) is 9.33. The number of pyridine rings is 1. The zero-order valence-electron chi connectivity index (χ0n) is 20.8. The first-order chi connectivity index (χ1) is 17.2. The summed E-state index contributed by atoms with van der Waals surface area (Å²) >= 11 is 1.09. The molecular weight excluding hydrogens is 478 g/mol. The Balaban J connectivity index is 1.63. The summed E-state index contributed by atoms with van der Waals surface area (Å²) in [6.45, 7) is 3.16. The van der Waals surface area contributed by atoms with E-state index in [1.165, 1.54) is 19.2 Å². The Morgan fingerprint density at radius 3 is 2.00 bits per heavy atom. The normalized spacial score (nSPS) is 20.0. The number of hydrogen-bond acceptors (Lipinski definition) is 8. The molecule has 0 unspecified atom stereocenters. The van der Waals surface area contributed by atoms with Crippen molar-refractivity contribution in [3.8, 4) is 12.1 Å². The predicted molar refractivity (Wildman–Crippen MR) is 134 cm³/mol. The van der Waals surface area contributed by atoms with E-state index in [9.17, 15) is 24.9 Å². The maximum absolute atomic E-state index is 12.9. The predicted octanol–water partition coefficient (Wildman–Crippen LogP) is 3.79. The van der Waals surface area contributed by atoms with Crippen LogP contribution in [0.4, 0.5) is 0 Å². The fourth-order valence-corrected chi connectivity index (χ4v) is 5.55. The zero-order chi connectivity index (χ0) is 26.2. The summed E-state index contributed by atoms with van der Waals surface area (Å²) in [4.78, 5) is 42.7. The van der Waals surface area contributed by atoms with E-state index in [0.29, 0.717) is 30.7 Å². The molecule has 192 valence electrons. The lowest BCUT2D eigenvalue weighted by atomic mass is 9.83. The number of rotatable bonds is 8. The van der Waals surface area contributed by atoms with Gasteiger partial charge in [-0.1, -0.05) is 50.3 Å². The average molecular weight is 512 g/mol. The molecule has 0 aromatic carbocycles. The third-order valence-corrected chi connectivity index (χ3v) is 7.99. The number of amides is 2. The summed E-state index contributed by atoms with van der Waals surface area (Å²) in [5.74, 6) is -1.56. The molecule has 10 heteroatoms. The van der Waals surface area contributed by atoms with Crippen LogP contribution in [0.15, 0.2) is 23.4 Å². The van der Waals surface area contributed by atoms with E-state index in [1.807, 2.05) is 0 Å². The van der Waals surface area contributed by atoms with Crippen LogP contribution in [0.25, 0.3) is 0 Å². The monoisotopic (exact) mass is 511 g/mol. The fraction of sp³-hybridized carbons (Fsp3) is 0.615. The lowest BCUT2D eigenvalue weighted by molar-refractivity contribution is -0.130. The Bertz CT molecular complexity index is 1050. The van der Waals surface area contributed by atoms with Gasteiger partial charge in [0.2, 0.25) is 5.91 Å². The molecule has 2 N–H and O–H groups in total. The van der Waals surface area contributed by atoms with Crippen molar-refractivity contribution < 1.29 is 19.1 Å². The number of hydrogen-bond donors (Lipinski definition) is 2. The molecular formula is C26H33N5O4S. The Hall–Kier alpha value is -3.11. The van der Waals surface area contributed by atoms with Gasteiger partial charge in [-0.2, -0.15) is 10.5 Å². The molecule has 1 aromatic rings. The smallest absolute Gasteiger partial charge is 0.341 e. The summed E-state index contributed by atoms with van der Waals surface area (Å²) in [6, 6.07) is 7.61. The average Bonchev–Trinajstić information content (AvgIpc) is 2.89. The maximum atomic E-state index is 12.9. The van der Waals surface area contributed by atoms with Gasteiger partial charge in [0.15, 0.2) is 6.10 Å². The van der Waals surface area contributed by atoms with E-state index in [-0.39, 0.29) is 11.5 Å². The molecule has 1 aromatic heterocycles. The van der Waals surface area contributed by atoms with Gasteiger partial charge < -0.3 is 15.4 Å². The van der Waals surface area contributed by atoms with Crippen LogP contribution < -0.4 is 10.6 Å². The van der Waals surface area contributed by atoms with Crippen molar-refractivity contribution in [2.75, 3.05) is 0 Å². The van der Waals surface area contributed by atoms with Crippen LogP contribution in [0.5, 0.6) is 0 Å². The number of esters is 1. The number of nitrogens with one attached hydrogen (secondary N) is 2. The van der Waals surface area contributed by atoms with E-state index in [4.69, 9.17) is 4.74 Å². The van der Waals surface area contributed by atoms with Gasteiger partial charge in [-0.15, -0.1) is 0 Å². The van der Waals surface area contributed by atoms with Gasteiger partial charge in [0, 0.05) is 6.20 Å². The number of ether oxygens (including phenoxy) is 1. The van der Waals surface area contributed by atoms with Gasteiger partial charge in [-0.3, -0.25) is 9.59 Å². The lowest BCUT2D eigenvalue weighted by Crippen LogP contribution is -2.52. The van der Waals surface area contributed by atoms with E-state index in [1.54, 1.807) is 13.0 Å². The van der Waals surface area contributed by atoms with Crippen molar-refractivity contribution in [3.63, 3.8) is 0 Å². The van der Waals surface area contributed by atoms with Gasteiger partial charge in [0.05, 0.1) is 23.0 Å². The Morgan fingerprint density at radius 1 is 0.944 bits per heavy atom. The topological polar surface area (TPSA) is 145 Å². The third kappa shape index (κ3) is 6.76. The van der Waals surface area contributed by atoms with Crippen molar-refractivity contribution in [2.45, 2.75) is 106 Å². The highest BCUT2D eigenvalue weighted by Gasteiger charge is 2.37. The van der Waals surface area contributed by atoms with E-state index >= 15 is 0 Å². The second kappa shape index (κ2) is 12.2. The highest BCUT2D eigenvalue weighted by Crippen LogP contribution is 2.31. The molecule has 2 atom stereocenters. The molecule has 3 rings (SSSR count). The Morgan fingerprint density at radius 2 is 1.47 bits per heavy atom. The number of aromatic nitrogens is 1. The van der Waals surface area contributed by atoms with Crippen molar-refractivity contribution >= 4 is 29.5 Å². The SMILES string of the molecule is C[C@H](OC(=O)c1cccnc1S[C@@H](C)C(=O)NC1(C#N)CCCCC1)C(=O)NC1(C#N)CCCCC1. The summed E-state index contributed by atoms with van der Waals surface area (Å²) in [5, 5.41) is 24.6. The molecule has 2 aliphatic rings. The second-order valence-corrected chi connectivity index (χ2v) is 11.0. The summed E-state index contributed by atoms with van der Waals surface area (Å²) in [5.41, 5.74) is -1.63. The minimum atomic E-state index is -1.11.